The van der Waals surface area contributed by atoms with Gasteiger partial charge in [0.15, 0.2) is 0 Å². The molecular weight excluding hydrogens is 224 g/mol. The molecule has 96 valence electrons. The first-order chi connectivity index (χ1) is 8.75. The van der Waals surface area contributed by atoms with Gasteiger partial charge in [0.2, 0.25) is 0 Å². The normalized spacial score (nSPS) is 21.1. The molecule has 1 atom stereocenters. The fourth-order valence-electron chi connectivity index (χ4n) is 2.70. The van der Waals surface area contributed by atoms with Crippen LogP contribution in [0.15, 0.2) is 24.3 Å². The van der Waals surface area contributed by atoms with Crippen LogP contribution in [0.25, 0.3) is 10.9 Å². The smallest absolute Gasteiger partial charge is 0.0712 e. The molecular formula is C15H20N2O. The Morgan fingerprint density at radius 2 is 2.22 bits per heavy atom. The number of fused-ring (bicyclic) bond motifs is 1. The van der Waals surface area contributed by atoms with Crippen LogP contribution in [-0.2, 0) is 11.8 Å². The van der Waals surface area contributed by atoms with E-state index in [-0.39, 0.29) is 0 Å². The third kappa shape index (κ3) is 2.04. The summed E-state index contributed by atoms with van der Waals surface area (Å²) in [6, 6.07) is 9.21. The number of nitrogens with zero attached hydrogens (tertiary/aromatic N) is 1. The molecule has 0 saturated carbocycles. The number of hydrogen-bond acceptors (Lipinski definition) is 2. The molecule has 0 spiro atoms. The van der Waals surface area contributed by atoms with Crippen LogP contribution < -0.4 is 5.32 Å². The van der Waals surface area contributed by atoms with Gasteiger partial charge in [0.25, 0.3) is 0 Å². The third-order valence-electron chi connectivity index (χ3n) is 3.74. The Bertz CT molecular complexity index is 551. The van der Waals surface area contributed by atoms with Crippen molar-refractivity contribution in [2.24, 2.45) is 7.05 Å². The van der Waals surface area contributed by atoms with E-state index in [1.807, 2.05) is 0 Å². The predicted octanol–water partition coefficient (Wildman–Crippen LogP) is 2.54. The van der Waals surface area contributed by atoms with Crippen LogP contribution in [0.4, 0.5) is 0 Å². The summed E-state index contributed by atoms with van der Waals surface area (Å²) in [7, 11) is 2.14. The van der Waals surface area contributed by atoms with Crippen LogP contribution in [0.3, 0.4) is 0 Å². The molecule has 2 aromatic rings. The van der Waals surface area contributed by atoms with Crippen LogP contribution in [0.1, 0.15) is 23.7 Å². The topological polar surface area (TPSA) is 26.2 Å². The van der Waals surface area contributed by atoms with Crippen molar-refractivity contribution in [2.75, 3.05) is 19.8 Å². The second kappa shape index (κ2) is 4.75. The molecule has 0 amide bonds. The van der Waals surface area contributed by atoms with E-state index in [4.69, 9.17) is 4.74 Å². The molecule has 1 aromatic carbocycles. The van der Waals surface area contributed by atoms with Gasteiger partial charge in [0.05, 0.1) is 12.6 Å². The lowest BCUT2D eigenvalue weighted by Gasteiger charge is -2.16. The monoisotopic (exact) mass is 244 g/mol. The minimum Gasteiger partial charge on any atom is -0.379 e. The zero-order valence-electron chi connectivity index (χ0n) is 11.1. The minimum absolute atomic E-state index is 0.310. The Labute approximate surface area is 108 Å². The standard InChI is InChI=1S/C15H20N2O/c1-11-4-5-12-9-15(17(2)14(12)8-11)13-10-18-7-3-6-16-13/h4-5,8-9,13,16H,3,6-7,10H2,1-2H3. The predicted molar refractivity (Wildman–Crippen MR) is 73.8 cm³/mol. The van der Waals surface area contributed by atoms with E-state index in [0.717, 1.165) is 26.2 Å². The number of aryl methyl sites for hydroxylation is 2. The highest BCUT2D eigenvalue weighted by molar-refractivity contribution is 5.82. The summed E-state index contributed by atoms with van der Waals surface area (Å²) in [5.74, 6) is 0. The number of benzene rings is 1. The molecule has 0 aliphatic carbocycles. The molecule has 18 heavy (non-hydrogen) atoms. The quantitative estimate of drug-likeness (QED) is 0.834. The molecule has 3 heteroatoms. The Kier molecular flexibility index (Phi) is 3.10. The van der Waals surface area contributed by atoms with E-state index < -0.39 is 0 Å². The first-order valence-corrected chi connectivity index (χ1v) is 6.63. The summed E-state index contributed by atoms with van der Waals surface area (Å²) < 4.78 is 7.95. The van der Waals surface area contributed by atoms with Gasteiger partial charge in [-0.1, -0.05) is 12.1 Å². The Hall–Kier alpha value is -1.32. The SMILES string of the molecule is Cc1ccc2cc(C3COCCCN3)n(C)c2c1. The molecule has 1 fully saturated rings. The molecule has 3 rings (SSSR count). The molecule has 1 unspecified atom stereocenters. The van der Waals surface area contributed by atoms with Crippen molar-refractivity contribution in [1.82, 2.24) is 9.88 Å². The van der Waals surface area contributed by atoms with Crippen molar-refractivity contribution in [1.29, 1.82) is 0 Å². The van der Waals surface area contributed by atoms with Gasteiger partial charge in [-0.3, -0.25) is 0 Å². The van der Waals surface area contributed by atoms with E-state index in [0.29, 0.717) is 6.04 Å². The van der Waals surface area contributed by atoms with Crippen molar-refractivity contribution in [3.8, 4) is 0 Å². The second-order valence-corrected chi connectivity index (χ2v) is 5.13. The highest BCUT2D eigenvalue weighted by Crippen LogP contribution is 2.25. The van der Waals surface area contributed by atoms with Gasteiger partial charge in [0, 0.05) is 24.9 Å². The largest absolute Gasteiger partial charge is 0.379 e. The molecule has 1 aromatic heterocycles. The summed E-state index contributed by atoms with van der Waals surface area (Å²) in [5.41, 5.74) is 3.92. The van der Waals surface area contributed by atoms with Gasteiger partial charge in [-0.15, -0.1) is 0 Å². The van der Waals surface area contributed by atoms with Gasteiger partial charge < -0.3 is 14.6 Å². The maximum atomic E-state index is 5.66. The van der Waals surface area contributed by atoms with E-state index in [2.05, 4.69) is 48.1 Å². The Morgan fingerprint density at radius 3 is 3.11 bits per heavy atom. The lowest BCUT2D eigenvalue weighted by atomic mass is 10.1. The van der Waals surface area contributed by atoms with Gasteiger partial charge in [-0.25, -0.2) is 0 Å². The zero-order valence-corrected chi connectivity index (χ0v) is 11.1. The van der Waals surface area contributed by atoms with Crippen LogP contribution in [0, 0.1) is 6.92 Å². The van der Waals surface area contributed by atoms with Crippen molar-refractivity contribution in [3.63, 3.8) is 0 Å². The lowest BCUT2D eigenvalue weighted by Crippen LogP contribution is -2.25. The minimum atomic E-state index is 0.310. The molecule has 1 N–H and O–H groups in total. The van der Waals surface area contributed by atoms with E-state index >= 15 is 0 Å². The van der Waals surface area contributed by atoms with Gasteiger partial charge >= 0.3 is 0 Å². The number of nitrogens with one attached hydrogen (secondary N) is 1. The van der Waals surface area contributed by atoms with E-state index in [9.17, 15) is 0 Å². The van der Waals surface area contributed by atoms with Crippen molar-refractivity contribution in [2.45, 2.75) is 19.4 Å². The van der Waals surface area contributed by atoms with Crippen LogP contribution in [-0.4, -0.2) is 24.3 Å². The molecule has 1 saturated heterocycles. The van der Waals surface area contributed by atoms with Crippen molar-refractivity contribution >= 4 is 10.9 Å². The third-order valence-corrected chi connectivity index (χ3v) is 3.74. The van der Waals surface area contributed by atoms with E-state index in [1.165, 1.54) is 22.2 Å². The maximum absolute atomic E-state index is 5.66. The Balaban J connectivity index is 2.03. The molecule has 1 aliphatic heterocycles. The summed E-state index contributed by atoms with van der Waals surface area (Å²) in [4.78, 5) is 0. The summed E-state index contributed by atoms with van der Waals surface area (Å²) in [6.07, 6.45) is 1.10. The molecule has 0 radical (unpaired) electrons. The van der Waals surface area contributed by atoms with Crippen LogP contribution >= 0.6 is 0 Å². The summed E-state index contributed by atoms with van der Waals surface area (Å²) >= 11 is 0. The van der Waals surface area contributed by atoms with E-state index in [1.54, 1.807) is 0 Å². The number of hydrogen-bond donors (Lipinski definition) is 1. The molecule has 2 heterocycles. The average molecular weight is 244 g/mol. The lowest BCUT2D eigenvalue weighted by molar-refractivity contribution is 0.130. The summed E-state index contributed by atoms with van der Waals surface area (Å²) in [6.45, 7) is 4.81. The molecule has 0 bridgehead atoms. The molecule has 1 aliphatic rings. The number of aromatic nitrogens is 1. The first-order valence-electron chi connectivity index (χ1n) is 6.63. The maximum Gasteiger partial charge on any atom is 0.0712 e. The van der Waals surface area contributed by atoms with Gasteiger partial charge in [-0.2, -0.15) is 0 Å². The first kappa shape index (κ1) is 11.8. The van der Waals surface area contributed by atoms with Gasteiger partial charge in [0.1, 0.15) is 0 Å². The highest BCUT2D eigenvalue weighted by Gasteiger charge is 2.18. The van der Waals surface area contributed by atoms with Gasteiger partial charge in [-0.05, 0) is 43.0 Å². The summed E-state index contributed by atoms with van der Waals surface area (Å²) in [5, 5.41) is 4.88. The average Bonchev–Trinajstić information content (AvgIpc) is 2.59. The van der Waals surface area contributed by atoms with Crippen LogP contribution in [0.5, 0.6) is 0 Å². The fourth-order valence-corrected chi connectivity index (χ4v) is 2.70. The number of rotatable bonds is 1. The highest BCUT2D eigenvalue weighted by atomic mass is 16.5. The Morgan fingerprint density at radius 1 is 1.33 bits per heavy atom. The van der Waals surface area contributed by atoms with Crippen LogP contribution in [0.2, 0.25) is 0 Å². The molecule has 3 nitrogen and oxygen atoms in total. The second-order valence-electron chi connectivity index (χ2n) is 5.13. The van der Waals surface area contributed by atoms with Crippen molar-refractivity contribution < 1.29 is 4.74 Å². The van der Waals surface area contributed by atoms with Crippen molar-refractivity contribution in [3.05, 3.63) is 35.5 Å². The fraction of sp³-hybridized carbons (Fsp3) is 0.467. The number of ether oxygens (including phenoxy) is 1. The zero-order chi connectivity index (χ0) is 12.5.